The molecule has 2 fully saturated rings. The SMILES string of the molecule is CCOc1ccccc1C(=O)NC1CC2CCC(C1)N2S(C)(=O)=O. The quantitative estimate of drug-likeness (QED) is 0.876. The Morgan fingerprint density at radius 2 is 1.88 bits per heavy atom. The molecule has 0 aliphatic carbocycles. The monoisotopic (exact) mass is 352 g/mol. The Morgan fingerprint density at radius 3 is 2.46 bits per heavy atom. The molecule has 0 spiro atoms. The Labute approximate surface area is 143 Å². The number of sulfonamides is 1. The topological polar surface area (TPSA) is 75.7 Å². The van der Waals surface area contributed by atoms with Crippen molar-refractivity contribution in [2.75, 3.05) is 12.9 Å². The van der Waals surface area contributed by atoms with E-state index in [1.54, 1.807) is 16.4 Å². The molecular formula is C17H24N2O4S. The molecule has 3 rings (SSSR count). The van der Waals surface area contributed by atoms with Gasteiger partial charge in [-0.2, -0.15) is 4.31 Å². The maximum atomic E-state index is 12.6. The average Bonchev–Trinajstić information content (AvgIpc) is 2.81. The number of para-hydroxylation sites is 1. The number of ether oxygens (including phenoxy) is 1. The number of nitrogens with zero attached hydrogens (tertiary/aromatic N) is 1. The maximum Gasteiger partial charge on any atom is 0.255 e. The zero-order valence-electron chi connectivity index (χ0n) is 14.1. The van der Waals surface area contributed by atoms with Crippen molar-refractivity contribution in [2.24, 2.45) is 0 Å². The van der Waals surface area contributed by atoms with Crippen molar-refractivity contribution >= 4 is 15.9 Å². The predicted octanol–water partition coefficient (Wildman–Crippen LogP) is 1.77. The van der Waals surface area contributed by atoms with Crippen molar-refractivity contribution in [3.05, 3.63) is 29.8 Å². The minimum absolute atomic E-state index is 0.00248. The molecule has 2 saturated heterocycles. The van der Waals surface area contributed by atoms with E-state index < -0.39 is 10.0 Å². The maximum absolute atomic E-state index is 12.6. The predicted molar refractivity (Wildman–Crippen MR) is 91.6 cm³/mol. The number of benzene rings is 1. The molecule has 24 heavy (non-hydrogen) atoms. The lowest BCUT2D eigenvalue weighted by atomic mass is 9.99. The number of piperidine rings is 1. The first kappa shape index (κ1) is 17.2. The number of rotatable bonds is 5. The average molecular weight is 352 g/mol. The van der Waals surface area contributed by atoms with E-state index in [0.29, 0.717) is 30.8 Å². The highest BCUT2D eigenvalue weighted by atomic mass is 32.2. The fourth-order valence-corrected chi connectivity index (χ4v) is 5.46. The number of nitrogens with one attached hydrogen (secondary N) is 1. The first-order chi connectivity index (χ1) is 11.4. The molecule has 2 atom stereocenters. The number of fused-ring (bicyclic) bond motifs is 2. The summed E-state index contributed by atoms with van der Waals surface area (Å²) in [4.78, 5) is 12.6. The summed E-state index contributed by atoms with van der Waals surface area (Å²) in [5, 5.41) is 3.07. The van der Waals surface area contributed by atoms with E-state index in [4.69, 9.17) is 4.74 Å². The number of amides is 1. The van der Waals surface area contributed by atoms with Gasteiger partial charge in [0.25, 0.3) is 5.91 Å². The number of carbonyl (C=O) groups is 1. The second-order valence-electron chi connectivity index (χ2n) is 6.55. The molecule has 132 valence electrons. The van der Waals surface area contributed by atoms with Gasteiger partial charge in [-0.25, -0.2) is 8.42 Å². The summed E-state index contributed by atoms with van der Waals surface area (Å²) >= 11 is 0. The highest BCUT2D eigenvalue weighted by Gasteiger charge is 2.45. The van der Waals surface area contributed by atoms with E-state index >= 15 is 0 Å². The Kier molecular flexibility index (Phi) is 4.83. The lowest BCUT2D eigenvalue weighted by Crippen LogP contribution is -2.52. The van der Waals surface area contributed by atoms with E-state index in [1.165, 1.54) is 6.26 Å². The van der Waals surface area contributed by atoms with Crippen LogP contribution < -0.4 is 10.1 Å². The summed E-state index contributed by atoms with van der Waals surface area (Å²) in [6.07, 6.45) is 4.37. The standard InChI is InChI=1S/C17H24N2O4S/c1-3-23-16-7-5-4-6-15(16)17(20)18-12-10-13-8-9-14(11-12)19(13)24(2,21)22/h4-7,12-14H,3,8-11H2,1-2H3,(H,18,20). The first-order valence-electron chi connectivity index (χ1n) is 8.41. The second-order valence-corrected chi connectivity index (χ2v) is 8.44. The molecule has 1 amide bonds. The Bertz CT molecular complexity index is 705. The Balaban J connectivity index is 1.69. The van der Waals surface area contributed by atoms with Crippen LogP contribution in [0.25, 0.3) is 0 Å². The van der Waals surface area contributed by atoms with Gasteiger partial charge in [0.05, 0.1) is 18.4 Å². The van der Waals surface area contributed by atoms with Crippen molar-refractivity contribution in [3.63, 3.8) is 0 Å². The van der Waals surface area contributed by atoms with Crippen LogP contribution in [0.5, 0.6) is 5.75 Å². The van der Waals surface area contributed by atoms with Crippen LogP contribution in [0.15, 0.2) is 24.3 Å². The van der Waals surface area contributed by atoms with Crippen LogP contribution in [-0.2, 0) is 10.0 Å². The van der Waals surface area contributed by atoms with Crippen molar-refractivity contribution in [1.29, 1.82) is 0 Å². The fourth-order valence-electron chi connectivity index (χ4n) is 3.99. The minimum Gasteiger partial charge on any atom is -0.493 e. The van der Waals surface area contributed by atoms with Gasteiger partial charge < -0.3 is 10.1 Å². The molecule has 2 bridgehead atoms. The van der Waals surface area contributed by atoms with Crippen LogP contribution >= 0.6 is 0 Å². The Hall–Kier alpha value is -1.60. The van der Waals surface area contributed by atoms with Gasteiger partial charge in [0.1, 0.15) is 5.75 Å². The van der Waals surface area contributed by atoms with E-state index in [9.17, 15) is 13.2 Å². The van der Waals surface area contributed by atoms with Crippen LogP contribution in [-0.4, -0.2) is 49.6 Å². The van der Waals surface area contributed by atoms with Gasteiger partial charge in [0, 0.05) is 18.1 Å². The first-order valence-corrected chi connectivity index (χ1v) is 10.3. The third-order valence-electron chi connectivity index (χ3n) is 4.82. The zero-order valence-corrected chi connectivity index (χ0v) is 14.9. The van der Waals surface area contributed by atoms with E-state index in [1.807, 2.05) is 19.1 Å². The van der Waals surface area contributed by atoms with Crippen molar-refractivity contribution in [2.45, 2.75) is 50.7 Å². The van der Waals surface area contributed by atoms with E-state index in [0.717, 1.165) is 12.8 Å². The van der Waals surface area contributed by atoms with Gasteiger partial charge in [0.15, 0.2) is 0 Å². The lowest BCUT2D eigenvalue weighted by Gasteiger charge is -2.37. The molecule has 0 saturated carbocycles. The van der Waals surface area contributed by atoms with Crippen molar-refractivity contribution in [1.82, 2.24) is 9.62 Å². The summed E-state index contributed by atoms with van der Waals surface area (Å²) in [5.41, 5.74) is 0.525. The highest BCUT2D eigenvalue weighted by Crippen LogP contribution is 2.37. The summed E-state index contributed by atoms with van der Waals surface area (Å²) in [5.74, 6) is 0.422. The lowest BCUT2D eigenvalue weighted by molar-refractivity contribution is 0.0906. The van der Waals surface area contributed by atoms with Gasteiger partial charge >= 0.3 is 0 Å². The molecule has 2 unspecified atom stereocenters. The van der Waals surface area contributed by atoms with Crippen LogP contribution in [0, 0.1) is 0 Å². The summed E-state index contributed by atoms with van der Waals surface area (Å²) in [7, 11) is -3.18. The molecule has 6 nitrogen and oxygen atoms in total. The molecule has 1 aromatic rings. The fraction of sp³-hybridized carbons (Fsp3) is 0.588. The normalized spacial score (nSPS) is 27.0. The molecule has 7 heteroatoms. The van der Waals surface area contributed by atoms with Gasteiger partial charge in [-0.3, -0.25) is 4.79 Å². The molecule has 2 heterocycles. The van der Waals surface area contributed by atoms with E-state index in [-0.39, 0.29) is 24.0 Å². The number of carbonyl (C=O) groups excluding carboxylic acids is 1. The van der Waals surface area contributed by atoms with Gasteiger partial charge in [-0.05, 0) is 44.7 Å². The number of hydrogen-bond donors (Lipinski definition) is 1. The third kappa shape index (κ3) is 3.42. The zero-order chi connectivity index (χ0) is 17.3. The summed E-state index contributed by atoms with van der Waals surface area (Å²) in [6.45, 7) is 2.38. The summed E-state index contributed by atoms with van der Waals surface area (Å²) < 4.78 is 31.0. The third-order valence-corrected chi connectivity index (χ3v) is 6.18. The Morgan fingerprint density at radius 1 is 1.25 bits per heavy atom. The van der Waals surface area contributed by atoms with Crippen LogP contribution in [0.3, 0.4) is 0 Å². The minimum atomic E-state index is -3.18. The van der Waals surface area contributed by atoms with Crippen LogP contribution in [0.2, 0.25) is 0 Å². The van der Waals surface area contributed by atoms with Crippen LogP contribution in [0.4, 0.5) is 0 Å². The molecule has 1 aromatic carbocycles. The molecule has 2 aliphatic rings. The van der Waals surface area contributed by atoms with Crippen LogP contribution in [0.1, 0.15) is 43.0 Å². The van der Waals surface area contributed by atoms with Crippen molar-refractivity contribution < 1.29 is 17.9 Å². The smallest absolute Gasteiger partial charge is 0.255 e. The second kappa shape index (κ2) is 6.72. The molecule has 1 N–H and O–H groups in total. The molecule has 0 aromatic heterocycles. The van der Waals surface area contributed by atoms with E-state index in [2.05, 4.69) is 5.32 Å². The van der Waals surface area contributed by atoms with Crippen molar-refractivity contribution in [3.8, 4) is 5.75 Å². The molecule has 2 aliphatic heterocycles. The van der Waals surface area contributed by atoms with Gasteiger partial charge in [-0.1, -0.05) is 12.1 Å². The summed E-state index contributed by atoms with van der Waals surface area (Å²) in [6, 6.07) is 7.20. The van der Waals surface area contributed by atoms with Gasteiger partial charge in [0.2, 0.25) is 10.0 Å². The molecule has 0 radical (unpaired) electrons. The number of hydrogen-bond acceptors (Lipinski definition) is 4. The largest absolute Gasteiger partial charge is 0.493 e. The van der Waals surface area contributed by atoms with Gasteiger partial charge in [-0.15, -0.1) is 0 Å². The molecular weight excluding hydrogens is 328 g/mol. The highest BCUT2D eigenvalue weighted by molar-refractivity contribution is 7.88.